The summed E-state index contributed by atoms with van der Waals surface area (Å²) in [5, 5.41) is 12.0. The van der Waals surface area contributed by atoms with Gasteiger partial charge < -0.3 is 15.2 Å². The first-order valence-corrected chi connectivity index (χ1v) is 7.54. The number of fused-ring (bicyclic) bond motifs is 1. The number of amides is 1. The Labute approximate surface area is 117 Å². The molecule has 19 heavy (non-hydrogen) atoms. The second-order valence-corrected chi connectivity index (χ2v) is 6.33. The number of hydrogen-bond donors (Lipinski definition) is 2. The molecule has 0 saturated carbocycles. The average Bonchev–Trinajstić information content (AvgIpc) is 2.81. The van der Waals surface area contributed by atoms with Gasteiger partial charge >= 0.3 is 0 Å². The van der Waals surface area contributed by atoms with Crippen molar-refractivity contribution in [2.24, 2.45) is 5.92 Å². The van der Waals surface area contributed by atoms with E-state index in [1.54, 1.807) is 11.3 Å². The van der Waals surface area contributed by atoms with Gasteiger partial charge in [-0.3, -0.25) is 4.79 Å². The van der Waals surface area contributed by atoms with Gasteiger partial charge in [-0.25, -0.2) is 0 Å². The van der Waals surface area contributed by atoms with E-state index >= 15 is 0 Å². The third-order valence-electron chi connectivity index (χ3n) is 3.41. The highest BCUT2D eigenvalue weighted by molar-refractivity contribution is 7.14. The van der Waals surface area contributed by atoms with Crippen LogP contribution < -0.4 is 5.32 Å². The fourth-order valence-corrected chi connectivity index (χ4v) is 3.26. The van der Waals surface area contributed by atoms with Gasteiger partial charge in [-0.2, -0.15) is 0 Å². The molecule has 0 bridgehead atoms. The standard InChI is InChI=1S/C14H21NO3S/c1-9(2)11(3-5-16)15-14(17)13-7-10-8-18-6-4-12(10)19-13/h7,9,11,16H,3-6,8H2,1-2H3,(H,15,17). The maximum Gasteiger partial charge on any atom is 0.261 e. The van der Waals surface area contributed by atoms with E-state index in [9.17, 15) is 4.79 Å². The molecule has 1 aliphatic heterocycles. The molecule has 1 amide bonds. The van der Waals surface area contributed by atoms with Crippen molar-refractivity contribution in [2.75, 3.05) is 13.2 Å². The number of aliphatic hydroxyl groups is 1. The number of hydrogen-bond acceptors (Lipinski definition) is 4. The number of aliphatic hydroxyl groups excluding tert-OH is 1. The molecule has 5 heteroatoms. The van der Waals surface area contributed by atoms with Crippen molar-refractivity contribution < 1.29 is 14.6 Å². The van der Waals surface area contributed by atoms with Crippen molar-refractivity contribution in [2.45, 2.75) is 39.3 Å². The summed E-state index contributed by atoms with van der Waals surface area (Å²) in [6.45, 7) is 5.55. The Kier molecular flexibility index (Phi) is 4.96. The van der Waals surface area contributed by atoms with Crippen molar-refractivity contribution in [1.82, 2.24) is 5.32 Å². The molecule has 1 aromatic rings. The van der Waals surface area contributed by atoms with Crippen molar-refractivity contribution in [3.63, 3.8) is 0 Å². The Morgan fingerprint density at radius 1 is 1.58 bits per heavy atom. The summed E-state index contributed by atoms with van der Waals surface area (Å²) in [5.74, 6) is 0.278. The number of ether oxygens (including phenoxy) is 1. The minimum Gasteiger partial charge on any atom is -0.396 e. The van der Waals surface area contributed by atoms with Crippen molar-refractivity contribution >= 4 is 17.2 Å². The van der Waals surface area contributed by atoms with Crippen molar-refractivity contribution in [1.29, 1.82) is 0 Å². The summed E-state index contributed by atoms with van der Waals surface area (Å²) < 4.78 is 5.39. The van der Waals surface area contributed by atoms with E-state index in [-0.39, 0.29) is 18.6 Å². The SMILES string of the molecule is CC(C)C(CCO)NC(=O)c1cc2c(s1)CCOC2. The monoisotopic (exact) mass is 283 g/mol. The summed E-state index contributed by atoms with van der Waals surface area (Å²) in [7, 11) is 0. The van der Waals surface area contributed by atoms with Crippen LogP contribution >= 0.6 is 11.3 Å². The van der Waals surface area contributed by atoms with Crippen LogP contribution in [0.4, 0.5) is 0 Å². The highest BCUT2D eigenvalue weighted by atomic mass is 32.1. The molecule has 0 saturated heterocycles. The summed E-state index contributed by atoms with van der Waals surface area (Å²) in [6.07, 6.45) is 1.50. The van der Waals surface area contributed by atoms with E-state index in [2.05, 4.69) is 5.32 Å². The lowest BCUT2D eigenvalue weighted by Gasteiger charge is -2.21. The summed E-state index contributed by atoms with van der Waals surface area (Å²) >= 11 is 1.56. The summed E-state index contributed by atoms with van der Waals surface area (Å²) in [5.41, 5.74) is 1.14. The van der Waals surface area contributed by atoms with Gasteiger partial charge in [0.25, 0.3) is 5.91 Å². The van der Waals surface area contributed by atoms with Crippen LogP contribution in [0.15, 0.2) is 6.07 Å². The lowest BCUT2D eigenvalue weighted by atomic mass is 10.0. The molecular weight excluding hydrogens is 262 g/mol. The molecule has 0 fully saturated rings. The molecule has 0 aromatic carbocycles. The van der Waals surface area contributed by atoms with E-state index < -0.39 is 0 Å². The quantitative estimate of drug-likeness (QED) is 0.868. The van der Waals surface area contributed by atoms with Gasteiger partial charge in [-0.1, -0.05) is 13.8 Å². The largest absolute Gasteiger partial charge is 0.396 e. The van der Waals surface area contributed by atoms with Crippen LogP contribution in [0.5, 0.6) is 0 Å². The van der Waals surface area contributed by atoms with E-state index in [1.807, 2.05) is 19.9 Å². The Hall–Kier alpha value is -0.910. The normalized spacial score (nSPS) is 16.2. The molecule has 0 spiro atoms. The minimum absolute atomic E-state index is 0.0212. The van der Waals surface area contributed by atoms with Crippen molar-refractivity contribution in [3.8, 4) is 0 Å². The Balaban J connectivity index is 2.04. The summed E-state index contributed by atoms with van der Waals surface area (Å²) in [6, 6.07) is 1.96. The zero-order valence-corrected chi connectivity index (χ0v) is 12.3. The van der Waals surface area contributed by atoms with Crippen LogP contribution in [-0.2, 0) is 17.8 Å². The fourth-order valence-electron chi connectivity index (χ4n) is 2.21. The van der Waals surface area contributed by atoms with Crippen LogP contribution in [0.2, 0.25) is 0 Å². The first-order chi connectivity index (χ1) is 9.11. The lowest BCUT2D eigenvalue weighted by Crippen LogP contribution is -2.38. The first-order valence-electron chi connectivity index (χ1n) is 6.73. The molecule has 1 unspecified atom stereocenters. The molecule has 1 aromatic heterocycles. The number of rotatable bonds is 5. The summed E-state index contributed by atoms with van der Waals surface area (Å²) in [4.78, 5) is 14.2. The molecule has 0 aliphatic carbocycles. The average molecular weight is 283 g/mol. The zero-order valence-electron chi connectivity index (χ0n) is 11.4. The maximum atomic E-state index is 12.2. The highest BCUT2D eigenvalue weighted by Gasteiger charge is 2.21. The third-order valence-corrected chi connectivity index (χ3v) is 4.65. The van der Waals surface area contributed by atoms with Gasteiger partial charge in [-0.15, -0.1) is 11.3 Å². The molecular formula is C14H21NO3S. The Morgan fingerprint density at radius 3 is 3.00 bits per heavy atom. The second kappa shape index (κ2) is 6.50. The predicted molar refractivity (Wildman–Crippen MR) is 75.5 cm³/mol. The topological polar surface area (TPSA) is 58.6 Å². The number of thiophene rings is 1. The molecule has 0 radical (unpaired) electrons. The van der Waals surface area contributed by atoms with Crippen LogP contribution in [0, 0.1) is 5.92 Å². The van der Waals surface area contributed by atoms with E-state index in [1.165, 1.54) is 4.88 Å². The second-order valence-electron chi connectivity index (χ2n) is 5.20. The maximum absolute atomic E-state index is 12.2. The molecule has 2 N–H and O–H groups in total. The van der Waals surface area contributed by atoms with Crippen LogP contribution in [0.1, 0.15) is 40.4 Å². The van der Waals surface area contributed by atoms with Crippen LogP contribution in [-0.4, -0.2) is 30.3 Å². The van der Waals surface area contributed by atoms with Gasteiger partial charge in [0.15, 0.2) is 0 Å². The smallest absolute Gasteiger partial charge is 0.261 e. The highest BCUT2D eigenvalue weighted by Crippen LogP contribution is 2.27. The number of carbonyl (C=O) groups is 1. The van der Waals surface area contributed by atoms with Gasteiger partial charge in [0.05, 0.1) is 18.1 Å². The molecule has 2 heterocycles. The van der Waals surface area contributed by atoms with Crippen LogP contribution in [0.3, 0.4) is 0 Å². The molecule has 1 atom stereocenters. The lowest BCUT2D eigenvalue weighted by molar-refractivity contribution is 0.0920. The van der Waals surface area contributed by atoms with Gasteiger partial charge in [0.2, 0.25) is 0 Å². The van der Waals surface area contributed by atoms with Crippen LogP contribution in [0.25, 0.3) is 0 Å². The number of nitrogens with one attached hydrogen (secondary N) is 1. The zero-order chi connectivity index (χ0) is 13.8. The number of carbonyl (C=O) groups excluding carboxylic acids is 1. The van der Waals surface area contributed by atoms with Gasteiger partial charge in [0.1, 0.15) is 0 Å². The van der Waals surface area contributed by atoms with Crippen molar-refractivity contribution in [3.05, 3.63) is 21.4 Å². The first kappa shape index (κ1) is 14.5. The van der Waals surface area contributed by atoms with E-state index in [0.717, 1.165) is 23.5 Å². The van der Waals surface area contributed by atoms with Gasteiger partial charge in [-0.05, 0) is 24.0 Å². The van der Waals surface area contributed by atoms with Gasteiger partial charge in [0, 0.05) is 23.9 Å². The molecule has 106 valence electrons. The molecule has 4 nitrogen and oxygen atoms in total. The molecule has 1 aliphatic rings. The third kappa shape index (κ3) is 3.55. The minimum atomic E-state index is -0.0356. The Bertz CT molecular complexity index is 418. The van der Waals surface area contributed by atoms with E-state index in [4.69, 9.17) is 9.84 Å². The van der Waals surface area contributed by atoms with E-state index in [0.29, 0.717) is 18.9 Å². The Morgan fingerprint density at radius 2 is 2.37 bits per heavy atom. The fraction of sp³-hybridized carbons (Fsp3) is 0.643. The predicted octanol–water partition coefficient (Wildman–Crippen LogP) is 1.96. The molecule has 2 rings (SSSR count).